The molecule has 2 aromatic carbocycles. The van der Waals surface area contributed by atoms with Gasteiger partial charge in [-0.05, 0) is 42.7 Å². The Labute approximate surface area is 142 Å². The van der Waals surface area contributed by atoms with Crippen molar-refractivity contribution < 1.29 is 17.9 Å². The van der Waals surface area contributed by atoms with Crippen molar-refractivity contribution in [1.82, 2.24) is 4.72 Å². The van der Waals surface area contributed by atoms with E-state index in [0.717, 1.165) is 12.0 Å². The normalized spacial score (nSPS) is 12.6. The van der Waals surface area contributed by atoms with E-state index < -0.39 is 16.0 Å². The molecule has 2 aromatic rings. The highest BCUT2D eigenvalue weighted by Gasteiger charge is 2.20. The molecule has 0 saturated heterocycles. The van der Waals surface area contributed by atoms with Crippen molar-refractivity contribution >= 4 is 16.0 Å². The Kier molecular flexibility index (Phi) is 5.75. The van der Waals surface area contributed by atoms with Crippen LogP contribution in [0.15, 0.2) is 53.4 Å². The van der Waals surface area contributed by atoms with E-state index in [1.165, 1.54) is 36.9 Å². The van der Waals surface area contributed by atoms with E-state index in [0.29, 0.717) is 0 Å². The molecule has 0 aliphatic heterocycles. The number of carbonyl (C=O) groups excluding carboxylic acids is 1. The van der Waals surface area contributed by atoms with Gasteiger partial charge in [0.2, 0.25) is 10.0 Å². The zero-order valence-electron chi connectivity index (χ0n) is 13.9. The molecule has 0 aliphatic rings. The van der Waals surface area contributed by atoms with E-state index in [1.54, 1.807) is 6.92 Å². The molecule has 0 heterocycles. The zero-order valence-corrected chi connectivity index (χ0v) is 14.8. The highest BCUT2D eigenvalue weighted by molar-refractivity contribution is 7.89. The fourth-order valence-corrected chi connectivity index (χ4v) is 3.60. The van der Waals surface area contributed by atoms with Crippen molar-refractivity contribution in [2.24, 2.45) is 0 Å². The number of hydrogen-bond donors (Lipinski definition) is 1. The van der Waals surface area contributed by atoms with Gasteiger partial charge in [-0.1, -0.05) is 37.3 Å². The molecular formula is C18H21NO4S. The van der Waals surface area contributed by atoms with Gasteiger partial charge in [0, 0.05) is 6.04 Å². The lowest BCUT2D eigenvalue weighted by molar-refractivity contribution is 0.0600. The van der Waals surface area contributed by atoms with Crippen LogP contribution >= 0.6 is 0 Å². The molecule has 24 heavy (non-hydrogen) atoms. The number of sulfonamides is 1. The van der Waals surface area contributed by atoms with E-state index in [1.807, 2.05) is 24.3 Å². The second-order valence-corrected chi connectivity index (χ2v) is 7.17. The zero-order chi connectivity index (χ0) is 17.7. The van der Waals surface area contributed by atoms with Crippen LogP contribution in [0.2, 0.25) is 0 Å². The van der Waals surface area contributed by atoms with Gasteiger partial charge in [-0.3, -0.25) is 0 Å². The molecule has 0 aromatic heterocycles. The number of ether oxygens (including phenoxy) is 1. The van der Waals surface area contributed by atoms with Crippen LogP contribution in [-0.4, -0.2) is 21.5 Å². The summed E-state index contributed by atoms with van der Waals surface area (Å²) in [5, 5.41) is 0. The molecule has 1 N–H and O–H groups in total. The topological polar surface area (TPSA) is 72.5 Å². The van der Waals surface area contributed by atoms with Crippen LogP contribution < -0.4 is 4.72 Å². The molecular weight excluding hydrogens is 326 g/mol. The Bertz CT molecular complexity index is 813. The number of esters is 1. The summed E-state index contributed by atoms with van der Waals surface area (Å²) in [6.07, 6.45) is 0.931. The first-order valence-corrected chi connectivity index (χ1v) is 9.15. The van der Waals surface area contributed by atoms with E-state index in [9.17, 15) is 13.2 Å². The largest absolute Gasteiger partial charge is 0.465 e. The lowest BCUT2D eigenvalue weighted by Crippen LogP contribution is -2.27. The third-order valence-electron chi connectivity index (χ3n) is 3.79. The van der Waals surface area contributed by atoms with Crippen molar-refractivity contribution in [3.05, 3.63) is 65.2 Å². The highest BCUT2D eigenvalue weighted by atomic mass is 32.2. The summed E-state index contributed by atoms with van der Waals surface area (Å²) in [6, 6.07) is 13.2. The summed E-state index contributed by atoms with van der Waals surface area (Å²) in [5.74, 6) is -0.574. The number of carbonyl (C=O) groups is 1. The molecule has 0 aliphatic carbocycles. The molecule has 0 bridgehead atoms. The fraction of sp³-hybridized carbons (Fsp3) is 0.278. The highest BCUT2D eigenvalue weighted by Crippen LogP contribution is 2.19. The summed E-state index contributed by atoms with van der Waals surface area (Å²) in [7, 11) is -2.49. The van der Waals surface area contributed by atoms with Gasteiger partial charge in [-0.15, -0.1) is 0 Å². The second kappa shape index (κ2) is 7.59. The Morgan fingerprint density at radius 1 is 1.17 bits per heavy atom. The SMILES string of the molecule is CCc1ccc([C@@H](C)NS(=O)(=O)c2cccc(C(=O)OC)c2)cc1. The van der Waals surface area contributed by atoms with Gasteiger partial charge < -0.3 is 4.74 Å². The van der Waals surface area contributed by atoms with Crippen molar-refractivity contribution in [2.75, 3.05) is 7.11 Å². The molecule has 0 amide bonds. The molecule has 6 heteroatoms. The maximum atomic E-state index is 12.5. The van der Waals surface area contributed by atoms with Crippen molar-refractivity contribution in [3.8, 4) is 0 Å². The van der Waals surface area contributed by atoms with E-state index in [-0.39, 0.29) is 16.5 Å². The summed E-state index contributed by atoms with van der Waals surface area (Å²) in [4.78, 5) is 11.6. The van der Waals surface area contributed by atoms with Crippen LogP contribution in [0.25, 0.3) is 0 Å². The van der Waals surface area contributed by atoms with Crippen LogP contribution in [0, 0.1) is 0 Å². The summed E-state index contributed by atoms with van der Waals surface area (Å²) < 4.78 is 32.3. The Morgan fingerprint density at radius 2 is 1.83 bits per heavy atom. The molecule has 0 saturated carbocycles. The molecule has 5 nitrogen and oxygen atoms in total. The van der Waals surface area contributed by atoms with Crippen LogP contribution in [-0.2, 0) is 21.2 Å². The van der Waals surface area contributed by atoms with Gasteiger partial charge in [0.15, 0.2) is 0 Å². The van der Waals surface area contributed by atoms with Crippen LogP contribution in [0.5, 0.6) is 0 Å². The third kappa shape index (κ3) is 4.21. The van der Waals surface area contributed by atoms with Crippen molar-refractivity contribution in [3.63, 3.8) is 0 Å². The molecule has 0 fully saturated rings. The first-order valence-electron chi connectivity index (χ1n) is 7.67. The first kappa shape index (κ1) is 18.2. The van der Waals surface area contributed by atoms with Gasteiger partial charge >= 0.3 is 5.97 Å². The predicted molar refractivity (Wildman–Crippen MR) is 92.3 cm³/mol. The number of methoxy groups -OCH3 is 1. The lowest BCUT2D eigenvalue weighted by atomic mass is 10.1. The summed E-state index contributed by atoms with van der Waals surface area (Å²) >= 11 is 0. The molecule has 2 rings (SSSR count). The Morgan fingerprint density at radius 3 is 2.42 bits per heavy atom. The number of rotatable bonds is 6. The number of nitrogens with one attached hydrogen (secondary N) is 1. The lowest BCUT2D eigenvalue weighted by Gasteiger charge is -2.15. The van der Waals surface area contributed by atoms with Gasteiger partial charge in [-0.25, -0.2) is 17.9 Å². The van der Waals surface area contributed by atoms with Gasteiger partial charge in [0.25, 0.3) is 0 Å². The van der Waals surface area contributed by atoms with E-state index in [4.69, 9.17) is 0 Å². The average molecular weight is 347 g/mol. The monoisotopic (exact) mass is 347 g/mol. The van der Waals surface area contributed by atoms with Crippen LogP contribution in [0.1, 0.15) is 41.4 Å². The van der Waals surface area contributed by atoms with Gasteiger partial charge in [-0.2, -0.15) is 0 Å². The minimum absolute atomic E-state index is 0.0300. The molecule has 0 radical (unpaired) electrons. The van der Waals surface area contributed by atoms with Gasteiger partial charge in [0.05, 0.1) is 17.6 Å². The Balaban J connectivity index is 2.22. The van der Waals surface area contributed by atoms with E-state index >= 15 is 0 Å². The smallest absolute Gasteiger partial charge is 0.337 e. The van der Waals surface area contributed by atoms with Crippen LogP contribution in [0.4, 0.5) is 0 Å². The third-order valence-corrected chi connectivity index (χ3v) is 5.32. The number of hydrogen-bond acceptors (Lipinski definition) is 4. The molecule has 128 valence electrons. The molecule has 0 spiro atoms. The first-order chi connectivity index (χ1) is 11.4. The average Bonchev–Trinajstić information content (AvgIpc) is 2.60. The summed E-state index contributed by atoms with van der Waals surface area (Å²) in [6.45, 7) is 3.85. The molecule has 0 unspecified atom stereocenters. The number of benzene rings is 2. The molecule has 1 atom stereocenters. The van der Waals surface area contributed by atoms with Crippen molar-refractivity contribution in [1.29, 1.82) is 0 Å². The van der Waals surface area contributed by atoms with Crippen molar-refractivity contribution in [2.45, 2.75) is 31.2 Å². The maximum absolute atomic E-state index is 12.5. The minimum atomic E-state index is -3.75. The quantitative estimate of drug-likeness (QED) is 0.815. The van der Waals surface area contributed by atoms with E-state index in [2.05, 4.69) is 16.4 Å². The summed E-state index contributed by atoms with van der Waals surface area (Å²) in [5.41, 5.74) is 2.26. The predicted octanol–water partition coefficient (Wildman–Crippen LogP) is 3.08. The minimum Gasteiger partial charge on any atom is -0.465 e. The fourth-order valence-electron chi connectivity index (χ4n) is 2.32. The van der Waals surface area contributed by atoms with Gasteiger partial charge in [0.1, 0.15) is 0 Å². The van der Waals surface area contributed by atoms with Crippen LogP contribution in [0.3, 0.4) is 0 Å². The Hall–Kier alpha value is -2.18. The second-order valence-electron chi connectivity index (χ2n) is 5.46. The standard InChI is InChI=1S/C18H21NO4S/c1-4-14-8-10-15(11-9-14)13(2)19-24(21,22)17-7-5-6-16(12-17)18(20)23-3/h5-13,19H,4H2,1-3H3/t13-/m1/s1. The maximum Gasteiger partial charge on any atom is 0.337 e. The number of aryl methyl sites for hydroxylation is 1.